The van der Waals surface area contributed by atoms with Gasteiger partial charge < -0.3 is 0 Å². The van der Waals surface area contributed by atoms with Crippen LogP contribution in [-0.2, 0) is 0 Å². The number of fused-ring (bicyclic) bond motifs is 3. The minimum absolute atomic E-state index is 0.875. The standard InChI is InChI=1S/C8H6N4S2/c1-3-9-5-6-8(14-4(2)10-6)12-11-7(5)13-3/h1-2H3. The second kappa shape index (κ2) is 2.68. The Balaban J connectivity index is 2.58. The van der Waals surface area contributed by atoms with E-state index < -0.39 is 0 Å². The molecule has 0 unspecified atom stereocenters. The average Bonchev–Trinajstić information content (AvgIpc) is 2.65. The normalized spacial score (nSPS) is 11.6. The van der Waals surface area contributed by atoms with Gasteiger partial charge in [-0.1, -0.05) is 22.7 Å². The van der Waals surface area contributed by atoms with Crippen LogP contribution in [0.3, 0.4) is 0 Å². The second-order valence-corrected chi connectivity index (χ2v) is 5.34. The van der Waals surface area contributed by atoms with Crippen molar-refractivity contribution in [2.75, 3.05) is 0 Å². The number of aryl methyl sites for hydroxylation is 2. The summed E-state index contributed by atoms with van der Waals surface area (Å²) in [6.07, 6.45) is 0. The van der Waals surface area contributed by atoms with Crippen molar-refractivity contribution in [2.24, 2.45) is 0 Å². The van der Waals surface area contributed by atoms with Crippen molar-refractivity contribution in [3.63, 3.8) is 0 Å². The number of rotatable bonds is 0. The maximum absolute atomic E-state index is 4.41. The van der Waals surface area contributed by atoms with Gasteiger partial charge in [0.15, 0.2) is 9.66 Å². The quantitative estimate of drug-likeness (QED) is 0.585. The molecule has 0 aliphatic carbocycles. The van der Waals surface area contributed by atoms with Crippen molar-refractivity contribution in [1.82, 2.24) is 20.2 Å². The molecule has 6 heteroatoms. The van der Waals surface area contributed by atoms with Gasteiger partial charge in [0.05, 0.1) is 10.0 Å². The molecule has 0 aliphatic heterocycles. The van der Waals surface area contributed by atoms with Crippen LogP contribution < -0.4 is 0 Å². The first kappa shape index (κ1) is 8.19. The Labute approximate surface area is 87.7 Å². The van der Waals surface area contributed by atoms with Gasteiger partial charge in [0, 0.05) is 0 Å². The lowest BCUT2D eigenvalue weighted by atomic mass is 10.5. The van der Waals surface area contributed by atoms with Gasteiger partial charge in [-0.15, -0.1) is 10.2 Å². The summed E-state index contributed by atoms with van der Waals surface area (Å²) in [5, 5.41) is 10.3. The fraction of sp³-hybridized carbons (Fsp3) is 0.250. The van der Waals surface area contributed by atoms with E-state index in [2.05, 4.69) is 20.2 Å². The minimum atomic E-state index is 0.875. The Bertz CT molecular complexity index is 569. The van der Waals surface area contributed by atoms with E-state index in [-0.39, 0.29) is 0 Å². The molecule has 0 saturated carbocycles. The number of hydrogen-bond acceptors (Lipinski definition) is 6. The van der Waals surface area contributed by atoms with Crippen molar-refractivity contribution in [2.45, 2.75) is 13.8 Å². The molecule has 3 aromatic rings. The smallest absolute Gasteiger partial charge is 0.168 e. The molecule has 3 rings (SSSR count). The van der Waals surface area contributed by atoms with E-state index in [1.54, 1.807) is 22.7 Å². The van der Waals surface area contributed by atoms with Crippen LogP contribution in [-0.4, -0.2) is 20.2 Å². The van der Waals surface area contributed by atoms with Gasteiger partial charge >= 0.3 is 0 Å². The van der Waals surface area contributed by atoms with Gasteiger partial charge in [-0.05, 0) is 13.8 Å². The predicted octanol–water partition coefficient (Wildman–Crippen LogP) is 2.31. The number of hydrogen-bond donors (Lipinski definition) is 0. The Hall–Kier alpha value is -1.14. The molecule has 3 heterocycles. The van der Waals surface area contributed by atoms with E-state index in [1.807, 2.05) is 13.8 Å². The van der Waals surface area contributed by atoms with Gasteiger partial charge in [-0.25, -0.2) is 9.97 Å². The molecule has 14 heavy (non-hydrogen) atoms. The predicted molar refractivity (Wildman–Crippen MR) is 57.9 cm³/mol. The van der Waals surface area contributed by atoms with E-state index in [4.69, 9.17) is 0 Å². The van der Waals surface area contributed by atoms with E-state index in [0.717, 1.165) is 30.7 Å². The average molecular weight is 222 g/mol. The summed E-state index contributed by atoms with van der Waals surface area (Å²) in [5.74, 6) is 0. The summed E-state index contributed by atoms with van der Waals surface area (Å²) in [6, 6.07) is 0. The van der Waals surface area contributed by atoms with E-state index in [1.165, 1.54) is 0 Å². The van der Waals surface area contributed by atoms with Gasteiger partial charge in [0.25, 0.3) is 0 Å². The molecule has 0 saturated heterocycles. The summed E-state index contributed by atoms with van der Waals surface area (Å²) in [6.45, 7) is 3.94. The lowest BCUT2D eigenvalue weighted by Crippen LogP contribution is -1.81. The molecule has 0 bridgehead atoms. The lowest BCUT2D eigenvalue weighted by molar-refractivity contribution is 1.14. The van der Waals surface area contributed by atoms with Crippen molar-refractivity contribution in [1.29, 1.82) is 0 Å². The minimum Gasteiger partial charge on any atom is -0.237 e. The van der Waals surface area contributed by atoms with Crippen molar-refractivity contribution < 1.29 is 0 Å². The monoisotopic (exact) mass is 222 g/mol. The van der Waals surface area contributed by atoms with E-state index >= 15 is 0 Å². The molecule has 0 aliphatic rings. The lowest BCUT2D eigenvalue weighted by Gasteiger charge is -1.85. The SMILES string of the molecule is Cc1nc2c(nnc3sc(C)nc32)s1. The highest BCUT2D eigenvalue weighted by Crippen LogP contribution is 2.27. The van der Waals surface area contributed by atoms with Crippen LogP contribution in [0.2, 0.25) is 0 Å². The van der Waals surface area contributed by atoms with E-state index in [0.29, 0.717) is 0 Å². The topological polar surface area (TPSA) is 51.6 Å². The van der Waals surface area contributed by atoms with Gasteiger partial charge in [0.1, 0.15) is 11.0 Å². The Morgan fingerprint density at radius 1 is 0.786 bits per heavy atom. The van der Waals surface area contributed by atoms with Gasteiger partial charge in [0.2, 0.25) is 0 Å². The molecule has 3 aromatic heterocycles. The highest BCUT2D eigenvalue weighted by Gasteiger charge is 2.11. The molecular formula is C8H6N4S2. The molecule has 4 nitrogen and oxygen atoms in total. The van der Waals surface area contributed by atoms with Crippen LogP contribution in [0.1, 0.15) is 10.0 Å². The first-order valence-corrected chi connectivity index (χ1v) is 5.74. The molecule has 0 fully saturated rings. The fourth-order valence-corrected chi connectivity index (χ4v) is 2.84. The third-order valence-corrected chi connectivity index (χ3v) is 3.60. The molecule has 0 spiro atoms. The highest BCUT2D eigenvalue weighted by molar-refractivity contribution is 7.19. The molecular weight excluding hydrogens is 216 g/mol. The summed E-state index contributed by atoms with van der Waals surface area (Å²) >= 11 is 3.11. The van der Waals surface area contributed by atoms with Gasteiger partial charge in [-0.2, -0.15) is 0 Å². The molecule has 70 valence electrons. The van der Waals surface area contributed by atoms with Crippen molar-refractivity contribution in [3.8, 4) is 0 Å². The van der Waals surface area contributed by atoms with Crippen LogP contribution in [0.4, 0.5) is 0 Å². The van der Waals surface area contributed by atoms with Crippen LogP contribution in [0, 0.1) is 13.8 Å². The Morgan fingerprint density at radius 2 is 1.21 bits per heavy atom. The first-order valence-electron chi connectivity index (χ1n) is 4.11. The largest absolute Gasteiger partial charge is 0.237 e. The summed E-state index contributed by atoms with van der Waals surface area (Å²) in [4.78, 5) is 10.6. The number of aromatic nitrogens is 4. The van der Waals surface area contributed by atoms with Gasteiger partial charge in [-0.3, -0.25) is 0 Å². The Morgan fingerprint density at radius 3 is 1.64 bits per heavy atom. The molecule has 0 N–H and O–H groups in total. The summed E-state index contributed by atoms with van der Waals surface area (Å²) in [7, 11) is 0. The third kappa shape index (κ3) is 1.04. The Kier molecular flexibility index (Phi) is 1.57. The van der Waals surface area contributed by atoms with E-state index in [9.17, 15) is 0 Å². The summed E-state index contributed by atoms with van der Waals surface area (Å²) in [5.41, 5.74) is 1.78. The zero-order chi connectivity index (χ0) is 9.71. The van der Waals surface area contributed by atoms with Crippen LogP contribution in [0.5, 0.6) is 0 Å². The number of nitrogens with zero attached hydrogens (tertiary/aromatic N) is 4. The fourth-order valence-electron chi connectivity index (χ4n) is 1.37. The maximum Gasteiger partial charge on any atom is 0.168 e. The zero-order valence-electron chi connectivity index (χ0n) is 7.61. The molecule has 0 atom stereocenters. The second-order valence-electron chi connectivity index (χ2n) is 2.97. The highest BCUT2D eigenvalue weighted by atomic mass is 32.1. The molecule has 0 amide bonds. The van der Waals surface area contributed by atoms with Crippen LogP contribution >= 0.6 is 22.7 Å². The molecule has 0 aromatic carbocycles. The maximum atomic E-state index is 4.41. The van der Waals surface area contributed by atoms with Crippen molar-refractivity contribution in [3.05, 3.63) is 10.0 Å². The first-order chi connectivity index (χ1) is 6.74. The summed E-state index contributed by atoms with van der Waals surface area (Å²) < 4.78 is 0. The van der Waals surface area contributed by atoms with Crippen LogP contribution in [0.25, 0.3) is 20.7 Å². The molecule has 0 radical (unpaired) electrons. The number of thiazole rings is 2. The third-order valence-electron chi connectivity index (χ3n) is 1.89. The zero-order valence-corrected chi connectivity index (χ0v) is 9.24. The van der Waals surface area contributed by atoms with Crippen molar-refractivity contribution >= 4 is 43.4 Å². The van der Waals surface area contributed by atoms with Crippen LogP contribution in [0.15, 0.2) is 0 Å².